The van der Waals surface area contributed by atoms with Crippen LogP contribution >= 0.6 is 0 Å². The summed E-state index contributed by atoms with van der Waals surface area (Å²) in [6, 6.07) is 22.4. The normalized spacial score (nSPS) is 19.4. The number of hydrogen-bond acceptors (Lipinski definition) is 7. The molecule has 3 aromatic carbocycles. The Hall–Kier alpha value is -3.10. The summed E-state index contributed by atoms with van der Waals surface area (Å²) in [5.74, 6) is 1.43. The van der Waals surface area contributed by atoms with Crippen LogP contribution in [0.3, 0.4) is 0 Å². The van der Waals surface area contributed by atoms with Crippen LogP contribution in [-0.2, 0) is 18.9 Å². The van der Waals surface area contributed by atoms with Gasteiger partial charge in [-0.2, -0.15) is 0 Å². The van der Waals surface area contributed by atoms with Crippen LogP contribution in [0.4, 0.5) is 17.1 Å². The van der Waals surface area contributed by atoms with E-state index < -0.39 is 0 Å². The van der Waals surface area contributed by atoms with Gasteiger partial charge >= 0.3 is 0 Å². The van der Waals surface area contributed by atoms with Crippen molar-refractivity contribution in [2.24, 2.45) is 10.8 Å². The molecule has 2 fully saturated rings. The van der Waals surface area contributed by atoms with Crippen molar-refractivity contribution in [3.8, 4) is 11.5 Å². The van der Waals surface area contributed by atoms with Gasteiger partial charge in [0.2, 0.25) is 0 Å². The number of hydrogen-bond donors (Lipinski definition) is 0. The fourth-order valence-electron chi connectivity index (χ4n) is 4.73. The van der Waals surface area contributed by atoms with Gasteiger partial charge in [0, 0.05) is 39.4 Å². The lowest BCUT2D eigenvalue weighted by molar-refractivity contribution is -0.226. The zero-order valence-corrected chi connectivity index (χ0v) is 23.7. The van der Waals surface area contributed by atoms with Gasteiger partial charge in [0.15, 0.2) is 12.6 Å². The third kappa shape index (κ3) is 6.23. The second-order valence-electron chi connectivity index (χ2n) is 11.8. The second-order valence-corrected chi connectivity index (χ2v) is 11.8. The molecule has 0 amide bonds. The zero-order chi connectivity index (χ0) is 27.6. The number of rotatable bonds is 7. The van der Waals surface area contributed by atoms with Crippen LogP contribution in [0.25, 0.3) is 0 Å². The number of benzene rings is 3. The van der Waals surface area contributed by atoms with Gasteiger partial charge in [-0.25, -0.2) is 0 Å². The van der Waals surface area contributed by atoms with Gasteiger partial charge < -0.3 is 33.3 Å². The molecule has 0 atom stereocenters. The monoisotopic (exact) mass is 533 g/mol. The van der Waals surface area contributed by atoms with E-state index in [0.29, 0.717) is 32.2 Å². The Labute approximate surface area is 231 Å². The van der Waals surface area contributed by atoms with E-state index in [0.717, 1.165) is 33.9 Å². The van der Waals surface area contributed by atoms with E-state index in [9.17, 15) is 0 Å². The van der Waals surface area contributed by atoms with Crippen molar-refractivity contribution in [2.45, 2.75) is 40.3 Å². The van der Waals surface area contributed by atoms with Crippen molar-refractivity contribution in [3.63, 3.8) is 0 Å². The predicted octanol–water partition coefficient (Wildman–Crippen LogP) is 7.32. The third-order valence-electron chi connectivity index (χ3n) is 6.98. The Balaban J connectivity index is 1.46. The molecule has 208 valence electrons. The van der Waals surface area contributed by atoms with Crippen LogP contribution < -0.4 is 14.4 Å². The first-order valence-electron chi connectivity index (χ1n) is 13.4. The highest BCUT2D eigenvalue weighted by Gasteiger charge is 2.30. The van der Waals surface area contributed by atoms with Crippen LogP contribution in [0.2, 0.25) is 0 Å². The lowest BCUT2D eigenvalue weighted by Crippen LogP contribution is -2.33. The fraction of sp³-hybridized carbons (Fsp3) is 0.438. The van der Waals surface area contributed by atoms with Gasteiger partial charge in [-0.05, 0) is 36.4 Å². The number of anilines is 3. The zero-order valence-electron chi connectivity index (χ0n) is 23.7. The molecule has 3 aromatic rings. The van der Waals surface area contributed by atoms with Crippen molar-refractivity contribution in [1.29, 1.82) is 0 Å². The van der Waals surface area contributed by atoms with E-state index in [2.05, 4.69) is 81.1 Å². The Kier molecular flexibility index (Phi) is 7.87. The first-order valence-corrected chi connectivity index (χ1v) is 13.4. The van der Waals surface area contributed by atoms with Gasteiger partial charge in [-0.3, -0.25) is 0 Å². The molecule has 2 saturated heterocycles. The topological polar surface area (TPSA) is 58.6 Å². The van der Waals surface area contributed by atoms with Gasteiger partial charge in [-0.15, -0.1) is 0 Å². The number of methoxy groups -OCH3 is 2. The molecule has 7 nitrogen and oxygen atoms in total. The molecule has 0 radical (unpaired) electrons. The van der Waals surface area contributed by atoms with Crippen molar-refractivity contribution < 1.29 is 28.4 Å². The average molecular weight is 534 g/mol. The summed E-state index contributed by atoms with van der Waals surface area (Å²) >= 11 is 0. The molecule has 0 aliphatic carbocycles. The standard InChI is InChI=1S/C32H39NO6/c1-31(2)18-36-29(37-19-31)22-7-11-24(12-8-22)33(27-16-15-26(34-5)17-28(27)35-6)25-13-9-23(10-14-25)30-38-20-32(3,4)21-39-30/h7-17,29-30H,18-21H2,1-6H3. The van der Waals surface area contributed by atoms with E-state index in [1.807, 2.05) is 18.2 Å². The lowest BCUT2D eigenvalue weighted by atomic mass is 9.95. The summed E-state index contributed by atoms with van der Waals surface area (Å²) < 4.78 is 35.2. The van der Waals surface area contributed by atoms with E-state index in [1.165, 1.54) is 0 Å². The first-order chi connectivity index (χ1) is 18.7. The van der Waals surface area contributed by atoms with Gasteiger partial charge in [0.25, 0.3) is 0 Å². The Morgan fingerprint density at radius 1 is 0.615 bits per heavy atom. The van der Waals surface area contributed by atoms with Crippen molar-refractivity contribution in [1.82, 2.24) is 0 Å². The maximum absolute atomic E-state index is 6.00. The van der Waals surface area contributed by atoms with E-state index in [-0.39, 0.29) is 23.4 Å². The minimum atomic E-state index is -0.365. The molecule has 0 N–H and O–H groups in total. The highest BCUT2D eigenvalue weighted by molar-refractivity contribution is 5.80. The third-order valence-corrected chi connectivity index (χ3v) is 6.98. The molecule has 0 spiro atoms. The predicted molar refractivity (Wildman–Crippen MR) is 151 cm³/mol. The molecule has 5 rings (SSSR count). The van der Waals surface area contributed by atoms with E-state index in [4.69, 9.17) is 28.4 Å². The Morgan fingerprint density at radius 3 is 1.44 bits per heavy atom. The molecule has 39 heavy (non-hydrogen) atoms. The Morgan fingerprint density at radius 2 is 1.05 bits per heavy atom. The fourth-order valence-corrected chi connectivity index (χ4v) is 4.73. The van der Waals surface area contributed by atoms with E-state index in [1.54, 1.807) is 14.2 Å². The van der Waals surface area contributed by atoms with Gasteiger partial charge in [0.1, 0.15) is 11.5 Å². The van der Waals surface area contributed by atoms with Crippen LogP contribution in [0.15, 0.2) is 66.7 Å². The quantitative estimate of drug-likeness (QED) is 0.315. The maximum atomic E-state index is 6.00. The molecule has 0 bridgehead atoms. The van der Waals surface area contributed by atoms with Gasteiger partial charge in [-0.1, -0.05) is 52.0 Å². The van der Waals surface area contributed by atoms with Crippen molar-refractivity contribution in [3.05, 3.63) is 77.9 Å². The maximum Gasteiger partial charge on any atom is 0.183 e. The number of ether oxygens (including phenoxy) is 6. The van der Waals surface area contributed by atoms with Crippen LogP contribution in [0, 0.1) is 10.8 Å². The van der Waals surface area contributed by atoms with Crippen molar-refractivity contribution in [2.75, 3.05) is 45.5 Å². The van der Waals surface area contributed by atoms with Crippen LogP contribution in [0.1, 0.15) is 51.4 Å². The highest BCUT2D eigenvalue weighted by atomic mass is 16.7. The largest absolute Gasteiger partial charge is 0.497 e. The minimum absolute atomic E-state index is 0.0221. The molecule has 2 aliphatic heterocycles. The highest BCUT2D eigenvalue weighted by Crippen LogP contribution is 2.43. The molecule has 0 aromatic heterocycles. The summed E-state index contributed by atoms with van der Waals surface area (Å²) in [7, 11) is 3.32. The van der Waals surface area contributed by atoms with Gasteiger partial charge in [0.05, 0.1) is 46.3 Å². The minimum Gasteiger partial charge on any atom is -0.497 e. The average Bonchev–Trinajstić information content (AvgIpc) is 2.94. The lowest BCUT2D eigenvalue weighted by Gasteiger charge is -2.35. The molecule has 2 heterocycles. The summed E-state index contributed by atoms with van der Waals surface area (Å²) in [6.07, 6.45) is -0.730. The van der Waals surface area contributed by atoms with Crippen molar-refractivity contribution >= 4 is 17.1 Å². The summed E-state index contributed by atoms with van der Waals surface area (Å²) in [6.45, 7) is 11.2. The number of nitrogens with zero attached hydrogens (tertiary/aromatic N) is 1. The SMILES string of the molecule is COc1ccc(N(c2ccc(C3OCC(C)(C)CO3)cc2)c2ccc(C3OCC(C)(C)CO3)cc2)c(OC)c1. The van der Waals surface area contributed by atoms with Crippen LogP contribution in [-0.4, -0.2) is 40.6 Å². The Bertz CT molecular complexity index is 1160. The smallest absolute Gasteiger partial charge is 0.183 e. The summed E-state index contributed by atoms with van der Waals surface area (Å²) in [4.78, 5) is 2.16. The molecule has 2 aliphatic rings. The second kappa shape index (κ2) is 11.2. The van der Waals surface area contributed by atoms with E-state index >= 15 is 0 Å². The molecular formula is C32H39NO6. The first kappa shape index (κ1) is 27.5. The molecule has 0 unspecified atom stereocenters. The summed E-state index contributed by atoms with van der Waals surface area (Å²) in [5.41, 5.74) is 4.85. The van der Waals surface area contributed by atoms with Crippen LogP contribution in [0.5, 0.6) is 11.5 Å². The molecule has 7 heteroatoms. The summed E-state index contributed by atoms with van der Waals surface area (Å²) in [5, 5.41) is 0. The molecule has 0 saturated carbocycles. The molecular weight excluding hydrogens is 494 g/mol.